The lowest BCUT2D eigenvalue weighted by atomic mass is 9.72. The van der Waals surface area contributed by atoms with E-state index in [1.54, 1.807) is 54.9 Å². The van der Waals surface area contributed by atoms with Crippen LogP contribution in [0.3, 0.4) is 0 Å². The second-order valence-electron chi connectivity index (χ2n) is 36.6. The lowest BCUT2D eigenvalue weighted by Gasteiger charge is -2.39. The minimum absolute atomic E-state index is 0.0369. The van der Waals surface area contributed by atoms with Crippen LogP contribution in [-0.2, 0) is 42.6 Å². The van der Waals surface area contributed by atoms with Crippen molar-refractivity contribution in [3.63, 3.8) is 0 Å². The number of carbonyl (C=O) groups excluding carboxylic acids is 2. The maximum atomic E-state index is 14.1. The number of sulfonamides is 2. The lowest BCUT2D eigenvalue weighted by Crippen LogP contribution is -2.47. The predicted molar refractivity (Wildman–Crippen MR) is 498 cm³/mol. The third kappa shape index (κ3) is 21.6. The number of fused-ring (bicyclic) bond motifs is 4. The largest absolute Gasteiger partial charge is 0.493 e. The second-order valence-corrected chi connectivity index (χ2v) is 43.4. The highest BCUT2D eigenvalue weighted by atomic mass is 35.5. The number of carbonyl (C=O) groups is 2. The average molecular weight is 1840 g/mol. The molecule has 4 aromatic heterocycles. The van der Waals surface area contributed by atoms with Crippen molar-refractivity contribution in [3.8, 4) is 34.5 Å². The number of H-pyrrole nitrogens is 2. The van der Waals surface area contributed by atoms with Crippen LogP contribution in [0.2, 0.25) is 10.0 Å². The van der Waals surface area contributed by atoms with Crippen LogP contribution in [0.5, 0.6) is 34.5 Å². The van der Waals surface area contributed by atoms with Gasteiger partial charge in [-0.15, -0.1) is 0 Å². The zero-order valence-corrected chi connectivity index (χ0v) is 76.7. The third-order valence-corrected chi connectivity index (χ3v) is 29.3. The molecule has 0 bridgehead atoms. The van der Waals surface area contributed by atoms with Gasteiger partial charge in [0.05, 0.1) is 67.5 Å². The van der Waals surface area contributed by atoms with Crippen molar-refractivity contribution in [2.24, 2.45) is 32.9 Å². The number of hydrogen-bond donors (Lipinski definition) is 4. The van der Waals surface area contributed by atoms with E-state index >= 15 is 0 Å². The predicted octanol–water partition coefficient (Wildman–Crippen LogP) is 17.2. The second kappa shape index (κ2) is 37.6. The molecule has 6 aromatic carbocycles. The van der Waals surface area contributed by atoms with Gasteiger partial charge < -0.3 is 43.6 Å². The van der Waals surface area contributed by atoms with E-state index in [1.807, 2.05) is 36.4 Å². The maximum absolute atomic E-state index is 14.1. The maximum Gasteiger partial charge on any atom is 0.277 e. The summed E-state index contributed by atoms with van der Waals surface area (Å²) in [6, 6.07) is 38.1. The Morgan fingerprint density at radius 3 is 1.39 bits per heavy atom. The summed E-state index contributed by atoms with van der Waals surface area (Å²) >= 11 is 12.5. The summed E-state index contributed by atoms with van der Waals surface area (Å²) in [5, 5.41) is 27.6. The fourth-order valence-corrected chi connectivity index (χ4v) is 21.1. The third-order valence-electron chi connectivity index (χ3n) is 25.3. The van der Waals surface area contributed by atoms with E-state index in [4.69, 9.17) is 42.1 Å². The number of nitrogens with zero attached hydrogens (tertiary/aromatic N) is 10. The van der Waals surface area contributed by atoms with E-state index in [0.29, 0.717) is 73.4 Å². The Bertz CT molecular complexity index is 6360. The summed E-state index contributed by atoms with van der Waals surface area (Å²) in [4.78, 5) is 77.2. The molecule has 128 heavy (non-hydrogen) atoms. The first-order valence-electron chi connectivity index (χ1n) is 43.3. The minimum Gasteiger partial charge on any atom is -0.493 e. The smallest absolute Gasteiger partial charge is 0.277 e. The van der Waals surface area contributed by atoms with Crippen LogP contribution < -0.4 is 38.2 Å². The van der Waals surface area contributed by atoms with Crippen LogP contribution in [0.4, 0.5) is 22.7 Å². The number of aromatic nitrogens is 4. The van der Waals surface area contributed by atoms with Crippen LogP contribution in [0.25, 0.3) is 33.2 Å². The standard InChI is InChI=1S/C48H54ClN7O7S.C46H52ClN7O8S2/c1-31-27-54(28-31)15-12-32-20-41-43(56(58)59)23-39(24-44(41)62-30-32)64(60,61)52-47(57)40-9-8-37(22-45(40)63-38-21-34-11-14-50-46(34)51-26-38)55-18-16-53(17-19-55)29-35-10-13-48(2,3)25-42(35)33-4-6-36(49)7-5-33;1-46(2)14-11-33(40(26-46)31-5-7-34(47)8-6-31)28-52-17-19-53(20-18-52)35-9-10-38(43(23-35)62-36-22-32-13-15-48-44(32)49-27-36)45(55)51-64(59,60)37-24-41(54(56)57)39-21-30(29-61-42(39)25-37)12-16-50-63(3,4)58/h4-9,11,14,21-24,26,31-32H,10,12-13,15-20,25,27-30H2,1-3H3,(H,50,51)(H,52,57);5-10,13,15,22-25,27,30H,11-12,14,16-21,26,28-29H2,1-4H3,(H,48,49)(H,51,55)/t32-;30-/m00/s1. The number of aromatic amines is 2. The Kier molecular flexibility index (Phi) is 26.6. The number of piperazine rings is 2. The van der Waals surface area contributed by atoms with Crippen molar-refractivity contribution in [2.75, 3.05) is 127 Å². The number of ether oxygens (including phenoxy) is 4. The lowest BCUT2D eigenvalue weighted by molar-refractivity contribution is -0.386. The van der Waals surface area contributed by atoms with Crippen molar-refractivity contribution in [2.45, 2.75) is 109 Å². The molecule has 674 valence electrons. The number of halogens is 2. The van der Waals surface area contributed by atoms with Crippen LogP contribution in [0.15, 0.2) is 184 Å². The number of pyridine rings is 2. The van der Waals surface area contributed by atoms with Gasteiger partial charge in [-0.1, -0.05) is 93.2 Å². The Labute approximate surface area is 755 Å². The van der Waals surface area contributed by atoms with Gasteiger partial charge in [0.25, 0.3) is 43.2 Å². The molecular formula is C94H106Cl2N14O15S3. The van der Waals surface area contributed by atoms with E-state index in [9.17, 15) is 50.9 Å². The molecule has 34 heteroatoms. The molecule has 0 radical (unpaired) electrons. The first-order valence-corrected chi connectivity index (χ1v) is 49.4. The number of nitro groups is 2. The molecule has 7 aliphatic rings. The van der Waals surface area contributed by atoms with Crippen molar-refractivity contribution in [3.05, 3.63) is 233 Å². The van der Waals surface area contributed by atoms with Gasteiger partial charge in [0.15, 0.2) is 0 Å². The van der Waals surface area contributed by atoms with E-state index in [-0.39, 0.29) is 81.1 Å². The highest BCUT2D eigenvalue weighted by molar-refractivity contribution is 7.92. The van der Waals surface area contributed by atoms with E-state index in [0.717, 1.165) is 161 Å². The molecule has 3 fully saturated rings. The van der Waals surface area contributed by atoms with Gasteiger partial charge in [0.2, 0.25) is 0 Å². The number of benzene rings is 6. The number of nitrogens with one attached hydrogen (secondary N) is 4. The monoisotopic (exact) mass is 1840 g/mol. The quantitative estimate of drug-likeness (QED) is 0.0289. The van der Waals surface area contributed by atoms with E-state index in [2.05, 4.69) is 117 Å². The summed E-state index contributed by atoms with van der Waals surface area (Å²) in [5.74, 6) is -0.262. The van der Waals surface area contributed by atoms with Gasteiger partial charge in [-0.2, -0.15) is 0 Å². The number of amides is 2. The summed E-state index contributed by atoms with van der Waals surface area (Å²) in [7, 11) is -11.6. The van der Waals surface area contributed by atoms with Crippen LogP contribution in [0, 0.1) is 48.8 Å². The van der Waals surface area contributed by atoms with Gasteiger partial charge in [-0.3, -0.25) is 43.8 Å². The summed E-state index contributed by atoms with van der Waals surface area (Å²) in [6.07, 6.45) is 17.9. The molecule has 3 saturated heterocycles. The Morgan fingerprint density at radius 2 is 0.984 bits per heavy atom. The molecule has 2 aliphatic carbocycles. The zero-order chi connectivity index (χ0) is 90.1. The molecule has 10 aromatic rings. The first-order chi connectivity index (χ1) is 61.1. The molecule has 0 saturated carbocycles. The topological polar surface area (TPSA) is 353 Å². The van der Waals surface area contributed by atoms with Crippen molar-refractivity contribution in [1.29, 1.82) is 0 Å². The Balaban J connectivity index is 0.000000188. The molecule has 29 nitrogen and oxygen atoms in total. The van der Waals surface area contributed by atoms with Crippen LogP contribution in [-0.4, -0.2) is 195 Å². The van der Waals surface area contributed by atoms with Gasteiger partial charge >= 0.3 is 0 Å². The Hall–Kier alpha value is -11.0. The number of anilines is 2. The Morgan fingerprint density at radius 1 is 0.562 bits per heavy atom. The van der Waals surface area contributed by atoms with Crippen molar-refractivity contribution < 1.29 is 59.4 Å². The SMILES string of the molecule is CC1(C)CCC(CN2CCN(c3ccc(C(=O)NS(=O)(=O)c4cc5c(c([N+](=O)[O-])c4)C[C@H](CCN=S(C)(C)=O)CO5)c(Oc4cnc5[nH]ccc5c4)c3)CC2)=C(c2ccc(Cl)cc2)C1.CC1CN(CC[C@@H]2COc3cc(S(=O)(=O)NC(=O)c4ccc(N5CCN(CC6=C(c7ccc(Cl)cc7)CC(C)(C)CC6)CC5)cc4Oc4cnc5[nH]ccc5c4)cc([N+](=O)[O-])c3C2)C1. The first kappa shape index (κ1) is 90.4. The number of rotatable bonds is 26. The van der Waals surface area contributed by atoms with Gasteiger partial charge in [0.1, 0.15) is 45.8 Å². The number of allylic oxidation sites excluding steroid dienone is 2. The average Bonchev–Trinajstić information content (AvgIpc) is 0.899. The molecule has 9 heterocycles. The number of nitro benzene ring substituents is 2. The number of likely N-dealkylation sites (tertiary alicyclic amines) is 1. The van der Waals surface area contributed by atoms with Gasteiger partial charge in [0, 0.05) is 188 Å². The van der Waals surface area contributed by atoms with Crippen LogP contribution >= 0.6 is 23.2 Å². The van der Waals surface area contributed by atoms with Gasteiger partial charge in [-0.05, 0) is 194 Å². The summed E-state index contributed by atoms with van der Waals surface area (Å²) < 4.78 is 101. The van der Waals surface area contributed by atoms with E-state index < -0.39 is 66.9 Å². The van der Waals surface area contributed by atoms with Gasteiger partial charge in [-0.25, -0.2) is 40.6 Å². The fourth-order valence-electron chi connectivity index (χ4n) is 18.3. The molecule has 0 spiro atoms. The summed E-state index contributed by atoms with van der Waals surface area (Å²) in [5.41, 5.74) is 11.3. The highest BCUT2D eigenvalue weighted by Crippen LogP contribution is 2.47. The number of hydrogen-bond acceptors (Lipinski definition) is 23. The van der Waals surface area contributed by atoms with Crippen molar-refractivity contribution in [1.82, 2.24) is 44.1 Å². The zero-order valence-electron chi connectivity index (χ0n) is 72.7. The highest BCUT2D eigenvalue weighted by Gasteiger charge is 2.38. The normalized spacial score (nSPS) is 18.8. The molecule has 5 aliphatic heterocycles. The molecule has 2 amide bonds. The molecule has 0 unspecified atom stereocenters. The van der Waals surface area contributed by atoms with Crippen molar-refractivity contribution >= 4 is 121 Å². The summed E-state index contributed by atoms with van der Waals surface area (Å²) in [6.45, 7) is 23.1. The molecule has 4 N–H and O–H groups in total. The molecular weight excluding hydrogens is 1730 g/mol. The minimum atomic E-state index is -4.66. The molecule has 2 atom stereocenters. The fraction of sp³-hybridized carbons (Fsp3) is 0.404. The molecule has 17 rings (SSSR count). The van der Waals surface area contributed by atoms with Crippen LogP contribution in [0.1, 0.15) is 129 Å². The van der Waals surface area contributed by atoms with E-state index in [1.165, 1.54) is 76.5 Å².